The van der Waals surface area contributed by atoms with Crippen LogP contribution in [0, 0.1) is 11.3 Å². The van der Waals surface area contributed by atoms with Gasteiger partial charge in [0.1, 0.15) is 11.5 Å². The van der Waals surface area contributed by atoms with Crippen molar-refractivity contribution in [1.82, 2.24) is 0 Å². The van der Waals surface area contributed by atoms with Gasteiger partial charge < -0.3 is 10.2 Å². The molecule has 2 nitrogen and oxygen atoms in total. The van der Waals surface area contributed by atoms with Gasteiger partial charge in [-0.05, 0) is 133 Å². The van der Waals surface area contributed by atoms with Crippen molar-refractivity contribution in [2.45, 2.75) is 132 Å². The van der Waals surface area contributed by atoms with Gasteiger partial charge in [0.15, 0.2) is 0 Å². The Hall–Kier alpha value is -1.96. The molecule has 6 saturated carbocycles. The van der Waals surface area contributed by atoms with Crippen molar-refractivity contribution in [3.05, 3.63) is 58.7 Å². The molecule has 37 heavy (non-hydrogen) atoms. The summed E-state index contributed by atoms with van der Waals surface area (Å²) in [6.45, 7) is 2.58. The summed E-state index contributed by atoms with van der Waals surface area (Å²) in [5, 5.41) is 21.8. The number of hydrogen-bond acceptors (Lipinski definition) is 2. The fraction of sp³-hybridized carbons (Fsp3) is 0.657. The second kappa shape index (κ2) is 8.78. The van der Waals surface area contributed by atoms with Gasteiger partial charge in [-0.15, -0.1) is 0 Å². The molecule has 0 radical (unpaired) electrons. The Labute approximate surface area is 223 Å². The molecule has 0 saturated heterocycles. The molecular formula is C35H46O2. The first-order valence-electron chi connectivity index (χ1n) is 15.5. The monoisotopic (exact) mass is 498 g/mol. The molecule has 0 aliphatic heterocycles. The summed E-state index contributed by atoms with van der Waals surface area (Å²) in [4.78, 5) is 0. The minimum absolute atomic E-state index is 0.216. The number of phenols is 2. The molecule has 2 heteroatoms. The Morgan fingerprint density at radius 1 is 0.595 bits per heavy atom. The van der Waals surface area contributed by atoms with Crippen LogP contribution in [0.2, 0.25) is 0 Å². The third kappa shape index (κ3) is 4.04. The van der Waals surface area contributed by atoms with Gasteiger partial charge in [0.25, 0.3) is 0 Å². The average molecular weight is 499 g/mol. The molecule has 8 rings (SSSR count). The molecule has 2 N–H and O–H groups in total. The van der Waals surface area contributed by atoms with Crippen molar-refractivity contribution < 1.29 is 10.2 Å². The highest BCUT2D eigenvalue weighted by atomic mass is 16.3. The molecule has 2 aromatic carbocycles. The van der Waals surface area contributed by atoms with Crippen molar-refractivity contribution in [3.8, 4) is 11.5 Å². The molecule has 0 heterocycles. The average Bonchev–Trinajstić information content (AvgIpc) is 2.89. The van der Waals surface area contributed by atoms with Gasteiger partial charge >= 0.3 is 0 Å². The van der Waals surface area contributed by atoms with Gasteiger partial charge in [0, 0.05) is 0 Å². The molecule has 2 atom stereocenters. The van der Waals surface area contributed by atoms with Gasteiger partial charge in [-0.3, -0.25) is 0 Å². The zero-order valence-electron chi connectivity index (χ0n) is 22.9. The molecule has 0 spiro atoms. The lowest BCUT2D eigenvalue weighted by atomic mass is 9.38. The Balaban J connectivity index is 1.28. The van der Waals surface area contributed by atoms with Crippen LogP contribution in [0.4, 0.5) is 0 Å². The zero-order valence-corrected chi connectivity index (χ0v) is 22.9. The molecule has 0 aromatic heterocycles. The Morgan fingerprint density at radius 3 is 1.49 bits per heavy atom. The smallest absolute Gasteiger partial charge is 0.119 e. The minimum atomic E-state index is 0.216. The highest BCUT2D eigenvalue weighted by Crippen LogP contribution is 2.70. The second-order valence-corrected chi connectivity index (χ2v) is 14.6. The standard InChI is InChI=1S/C35H46O2/c1-33-18-24-19-34(21-33,27-12-14-31(36)29(16-27)25-8-4-2-5-9-25)23-35(20-24,22-33)28-13-15-32(37)30(17-28)26-10-6-3-7-11-26/h12-17,24-26,36-37H,2-11,18-23H2,1H3. The third-order valence-electron chi connectivity index (χ3n) is 11.7. The van der Waals surface area contributed by atoms with Crippen LogP contribution in [-0.2, 0) is 10.8 Å². The van der Waals surface area contributed by atoms with Gasteiger partial charge in [0.05, 0.1) is 0 Å². The maximum atomic E-state index is 10.9. The summed E-state index contributed by atoms with van der Waals surface area (Å²) in [5.74, 6) is 2.89. The predicted octanol–water partition coefficient (Wildman–Crippen LogP) is 9.37. The summed E-state index contributed by atoms with van der Waals surface area (Å²) in [7, 11) is 0. The summed E-state index contributed by atoms with van der Waals surface area (Å²) in [6, 6.07) is 13.6. The van der Waals surface area contributed by atoms with Gasteiger partial charge in [-0.2, -0.15) is 0 Å². The van der Waals surface area contributed by atoms with Crippen LogP contribution in [0.15, 0.2) is 36.4 Å². The molecule has 6 aliphatic carbocycles. The van der Waals surface area contributed by atoms with Crippen molar-refractivity contribution in [1.29, 1.82) is 0 Å². The zero-order chi connectivity index (χ0) is 25.3. The highest BCUT2D eigenvalue weighted by molar-refractivity contribution is 5.47. The number of benzene rings is 2. The first kappa shape index (κ1) is 24.1. The maximum absolute atomic E-state index is 10.9. The summed E-state index contributed by atoms with van der Waals surface area (Å²) in [5.41, 5.74) is 6.30. The van der Waals surface area contributed by atoms with E-state index in [0.717, 1.165) is 5.92 Å². The molecule has 4 bridgehead atoms. The first-order chi connectivity index (χ1) is 17.9. The lowest BCUT2D eigenvalue weighted by Crippen LogP contribution is -2.59. The van der Waals surface area contributed by atoms with Crippen molar-refractivity contribution in [3.63, 3.8) is 0 Å². The fourth-order valence-electron chi connectivity index (χ4n) is 10.8. The molecule has 6 aliphatic rings. The molecular weight excluding hydrogens is 452 g/mol. The van der Waals surface area contributed by atoms with Crippen LogP contribution in [0.3, 0.4) is 0 Å². The van der Waals surface area contributed by atoms with Crippen LogP contribution >= 0.6 is 0 Å². The van der Waals surface area contributed by atoms with E-state index in [2.05, 4.69) is 31.2 Å². The SMILES string of the molecule is CC12CC3CC(c4ccc(O)c(C5CCCCC5)c4)(C1)CC(c1ccc(O)c(C4CCCCC4)c1)(C3)C2. The molecule has 2 aromatic rings. The minimum Gasteiger partial charge on any atom is -0.508 e. The Morgan fingerprint density at radius 2 is 1.05 bits per heavy atom. The largest absolute Gasteiger partial charge is 0.508 e. The topological polar surface area (TPSA) is 40.5 Å². The molecule has 2 unspecified atom stereocenters. The maximum Gasteiger partial charge on any atom is 0.119 e. The van der Waals surface area contributed by atoms with E-state index in [1.807, 2.05) is 12.1 Å². The lowest BCUT2D eigenvalue weighted by molar-refractivity contribution is -0.0808. The fourth-order valence-corrected chi connectivity index (χ4v) is 10.8. The van der Waals surface area contributed by atoms with Crippen LogP contribution in [0.5, 0.6) is 11.5 Å². The van der Waals surface area contributed by atoms with E-state index in [4.69, 9.17) is 0 Å². The van der Waals surface area contributed by atoms with Crippen molar-refractivity contribution in [2.24, 2.45) is 11.3 Å². The van der Waals surface area contributed by atoms with E-state index < -0.39 is 0 Å². The first-order valence-corrected chi connectivity index (χ1v) is 15.5. The molecule has 6 fully saturated rings. The van der Waals surface area contributed by atoms with E-state index >= 15 is 0 Å². The van der Waals surface area contributed by atoms with E-state index in [1.54, 1.807) is 0 Å². The summed E-state index contributed by atoms with van der Waals surface area (Å²) < 4.78 is 0. The van der Waals surface area contributed by atoms with Crippen LogP contribution in [-0.4, -0.2) is 10.2 Å². The van der Waals surface area contributed by atoms with E-state index in [9.17, 15) is 10.2 Å². The second-order valence-electron chi connectivity index (χ2n) is 14.6. The Bertz CT molecular complexity index is 1080. The normalized spacial score (nSPS) is 36.2. The van der Waals surface area contributed by atoms with Crippen molar-refractivity contribution >= 4 is 0 Å². The van der Waals surface area contributed by atoms with Crippen LogP contribution in [0.1, 0.15) is 144 Å². The third-order valence-corrected chi connectivity index (χ3v) is 11.7. The van der Waals surface area contributed by atoms with Crippen LogP contribution < -0.4 is 0 Å². The number of rotatable bonds is 4. The van der Waals surface area contributed by atoms with E-state index in [0.29, 0.717) is 28.7 Å². The number of phenolic OH excluding ortho intramolecular Hbond substituents is 2. The Kier molecular flexibility index (Phi) is 5.72. The van der Waals surface area contributed by atoms with Gasteiger partial charge in [0.2, 0.25) is 0 Å². The molecule has 198 valence electrons. The lowest BCUT2D eigenvalue weighted by Gasteiger charge is -2.66. The molecule has 0 amide bonds. The van der Waals surface area contributed by atoms with Crippen LogP contribution in [0.25, 0.3) is 0 Å². The number of hydrogen-bond donors (Lipinski definition) is 2. The van der Waals surface area contributed by atoms with E-state index in [1.165, 1.54) is 125 Å². The van der Waals surface area contributed by atoms with Crippen molar-refractivity contribution in [2.75, 3.05) is 0 Å². The van der Waals surface area contributed by atoms with Gasteiger partial charge in [-0.25, -0.2) is 0 Å². The number of aromatic hydroxyl groups is 2. The quantitative estimate of drug-likeness (QED) is 0.441. The highest BCUT2D eigenvalue weighted by Gasteiger charge is 2.62. The predicted molar refractivity (Wildman–Crippen MR) is 151 cm³/mol. The van der Waals surface area contributed by atoms with Gasteiger partial charge in [-0.1, -0.05) is 69.7 Å². The summed E-state index contributed by atoms with van der Waals surface area (Å²) >= 11 is 0. The van der Waals surface area contributed by atoms with E-state index in [-0.39, 0.29) is 10.8 Å². The summed E-state index contributed by atoms with van der Waals surface area (Å²) in [6.07, 6.45) is 20.6.